The summed E-state index contributed by atoms with van der Waals surface area (Å²) in [6.07, 6.45) is 3.63. The predicted octanol–water partition coefficient (Wildman–Crippen LogP) is 4.71. The molecule has 9 nitrogen and oxygen atoms in total. The molecule has 0 fully saturated rings. The number of nitrogens with zero attached hydrogens (tertiary/aromatic N) is 3. The third kappa shape index (κ3) is 7.29. The van der Waals surface area contributed by atoms with Gasteiger partial charge in [-0.2, -0.15) is 0 Å². The first-order chi connectivity index (χ1) is 17.2. The molecule has 206 valence electrons. The van der Waals surface area contributed by atoms with Crippen LogP contribution in [0, 0.1) is 20.8 Å². The number of pyridine rings is 1. The standard InChI is InChI=1S/C27H29N5O2S2.2H2O.2H2/c1-16(2)36-32-14-23(18(4)19(32)5)26(34)29-13-25(33)31-27-30-24(15-35-27)22-8-6-7-20(12-22)21-9-10-28-17(3)11-21;;;;/h6-12,14-16H,13H2,1-5H3,(H,29,34)(H,30,31,33);2*1H2;2*1H. The highest BCUT2D eigenvalue weighted by Crippen LogP contribution is 2.29. The zero-order valence-electron chi connectivity index (χ0n) is 22.0. The molecule has 0 atom stereocenters. The van der Waals surface area contributed by atoms with Gasteiger partial charge in [0.25, 0.3) is 5.91 Å². The lowest BCUT2D eigenvalue weighted by Gasteiger charge is -2.07. The molecule has 3 aromatic heterocycles. The second kappa shape index (κ2) is 13.3. The second-order valence-electron chi connectivity index (χ2n) is 8.77. The highest BCUT2D eigenvalue weighted by atomic mass is 32.2. The Balaban J connectivity index is 0.00000380. The Labute approximate surface area is 233 Å². The van der Waals surface area contributed by atoms with Gasteiger partial charge in [0.15, 0.2) is 5.13 Å². The Morgan fingerprint density at radius 3 is 2.50 bits per heavy atom. The van der Waals surface area contributed by atoms with Crippen LogP contribution in [0.15, 0.2) is 54.2 Å². The number of rotatable bonds is 8. The highest BCUT2D eigenvalue weighted by molar-refractivity contribution is 7.98. The number of carbonyl (C=O) groups excluding carboxylic acids is 2. The first-order valence-electron chi connectivity index (χ1n) is 11.6. The largest absolute Gasteiger partial charge is 0.412 e. The molecular weight excluding hydrogens is 522 g/mol. The van der Waals surface area contributed by atoms with Crippen LogP contribution in [-0.4, -0.2) is 48.5 Å². The van der Waals surface area contributed by atoms with Crippen LogP contribution in [0.2, 0.25) is 0 Å². The minimum Gasteiger partial charge on any atom is -0.412 e. The first-order valence-corrected chi connectivity index (χ1v) is 13.4. The lowest BCUT2D eigenvalue weighted by atomic mass is 10.0. The maximum Gasteiger partial charge on any atom is 0.253 e. The molecule has 0 unspecified atom stereocenters. The Morgan fingerprint density at radius 1 is 1.08 bits per heavy atom. The van der Waals surface area contributed by atoms with Crippen molar-refractivity contribution in [3.63, 3.8) is 0 Å². The number of anilines is 1. The molecule has 1 aromatic carbocycles. The Bertz CT molecular complexity index is 1430. The maximum atomic E-state index is 12.7. The number of benzene rings is 1. The van der Waals surface area contributed by atoms with Crippen molar-refractivity contribution in [3.8, 4) is 22.4 Å². The van der Waals surface area contributed by atoms with Gasteiger partial charge in [-0.3, -0.25) is 18.5 Å². The Kier molecular flexibility index (Phi) is 10.8. The van der Waals surface area contributed by atoms with Crippen molar-refractivity contribution in [2.75, 3.05) is 11.9 Å². The van der Waals surface area contributed by atoms with Gasteiger partial charge in [0.05, 0.1) is 17.8 Å². The number of hydrogen-bond donors (Lipinski definition) is 2. The van der Waals surface area contributed by atoms with Gasteiger partial charge in [-0.25, -0.2) is 4.98 Å². The predicted molar refractivity (Wildman–Crippen MR) is 160 cm³/mol. The van der Waals surface area contributed by atoms with Crippen LogP contribution >= 0.6 is 23.3 Å². The number of aromatic nitrogens is 3. The summed E-state index contributed by atoms with van der Waals surface area (Å²) in [7, 11) is 0. The van der Waals surface area contributed by atoms with Crippen molar-refractivity contribution in [2.24, 2.45) is 0 Å². The minimum atomic E-state index is -0.323. The summed E-state index contributed by atoms with van der Waals surface area (Å²) in [5, 5.41) is 8.29. The molecule has 11 heteroatoms. The molecule has 0 radical (unpaired) electrons. The summed E-state index contributed by atoms with van der Waals surface area (Å²) in [4.78, 5) is 34.0. The van der Waals surface area contributed by atoms with E-state index in [1.807, 2.05) is 60.6 Å². The smallest absolute Gasteiger partial charge is 0.253 e. The van der Waals surface area contributed by atoms with Crippen LogP contribution in [0.4, 0.5) is 5.13 Å². The van der Waals surface area contributed by atoms with E-state index >= 15 is 0 Å². The lowest BCUT2D eigenvalue weighted by Crippen LogP contribution is -2.33. The van der Waals surface area contributed by atoms with Crippen molar-refractivity contribution in [2.45, 2.75) is 39.9 Å². The van der Waals surface area contributed by atoms with Crippen LogP contribution in [0.25, 0.3) is 22.4 Å². The van der Waals surface area contributed by atoms with Crippen LogP contribution in [0.1, 0.15) is 44.0 Å². The number of carbonyl (C=O) groups is 2. The molecule has 38 heavy (non-hydrogen) atoms. The number of nitrogens with one attached hydrogen (secondary N) is 2. The van der Waals surface area contributed by atoms with Gasteiger partial charge in [0.1, 0.15) is 0 Å². The fraction of sp³-hybridized carbons (Fsp3) is 0.259. The van der Waals surface area contributed by atoms with E-state index in [1.54, 1.807) is 18.1 Å². The third-order valence-electron chi connectivity index (χ3n) is 5.64. The monoisotopic (exact) mass is 559 g/mol. The maximum absolute atomic E-state index is 12.7. The summed E-state index contributed by atoms with van der Waals surface area (Å²) in [5.41, 5.74) is 7.38. The average Bonchev–Trinajstić information content (AvgIpc) is 3.42. The van der Waals surface area contributed by atoms with E-state index in [9.17, 15) is 9.59 Å². The van der Waals surface area contributed by atoms with Gasteiger partial charge in [0.2, 0.25) is 5.91 Å². The fourth-order valence-electron chi connectivity index (χ4n) is 3.70. The minimum absolute atomic E-state index is 0. The summed E-state index contributed by atoms with van der Waals surface area (Å²) in [6.45, 7) is 9.95. The Hall–Kier alpha value is -3.51. The Morgan fingerprint density at radius 2 is 1.79 bits per heavy atom. The van der Waals surface area contributed by atoms with Crippen LogP contribution in [-0.2, 0) is 4.79 Å². The topological polar surface area (TPSA) is 152 Å². The SMILES string of the molecule is Cc1cc(-c2cccc(-c3csc(NC(=O)CNC(=O)c4cn(SC(C)C)c(C)c4C)n3)c2)ccn1.O.O.[HH].[HH]. The fourth-order valence-corrected chi connectivity index (χ4v) is 5.35. The van der Waals surface area contributed by atoms with Crippen LogP contribution in [0.3, 0.4) is 0 Å². The normalized spacial score (nSPS) is 10.5. The van der Waals surface area contributed by atoms with Gasteiger partial charge in [0, 0.05) is 42.8 Å². The van der Waals surface area contributed by atoms with Crippen LogP contribution < -0.4 is 10.6 Å². The highest BCUT2D eigenvalue weighted by Gasteiger charge is 2.17. The third-order valence-corrected chi connectivity index (χ3v) is 7.43. The van der Waals surface area contributed by atoms with Crippen molar-refractivity contribution in [1.82, 2.24) is 19.3 Å². The zero-order chi connectivity index (χ0) is 25.8. The summed E-state index contributed by atoms with van der Waals surface area (Å²) in [6, 6.07) is 12.1. The van der Waals surface area contributed by atoms with Crippen LogP contribution in [0.5, 0.6) is 0 Å². The number of amides is 2. The van der Waals surface area contributed by atoms with E-state index in [0.717, 1.165) is 39.3 Å². The summed E-state index contributed by atoms with van der Waals surface area (Å²) < 4.78 is 2.01. The van der Waals surface area contributed by atoms with Gasteiger partial charge in [-0.15, -0.1) is 11.3 Å². The average molecular weight is 560 g/mol. The van der Waals surface area contributed by atoms with Gasteiger partial charge in [-0.05, 0) is 67.6 Å². The molecule has 0 saturated carbocycles. The van der Waals surface area contributed by atoms with E-state index in [-0.39, 0.29) is 32.2 Å². The molecule has 3 heterocycles. The molecule has 0 saturated heterocycles. The quantitative estimate of drug-likeness (QED) is 0.320. The second-order valence-corrected chi connectivity index (χ2v) is 11.2. The van der Waals surface area contributed by atoms with Crippen molar-refractivity contribution < 1.29 is 23.4 Å². The molecule has 0 aliphatic heterocycles. The number of aryl methyl sites for hydroxylation is 1. The van der Waals surface area contributed by atoms with Gasteiger partial charge < -0.3 is 21.6 Å². The first kappa shape index (κ1) is 30.7. The molecule has 4 rings (SSSR count). The summed E-state index contributed by atoms with van der Waals surface area (Å²) in [5.74, 6) is -0.590. The van der Waals surface area contributed by atoms with Crippen molar-refractivity contribution >= 4 is 40.2 Å². The van der Waals surface area contributed by atoms with E-state index in [4.69, 9.17) is 0 Å². The molecular formula is C27H37N5O4S2. The number of thiazole rings is 1. The van der Waals surface area contributed by atoms with Crippen molar-refractivity contribution in [3.05, 3.63) is 76.7 Å². The molecule has 0 aliphatic carbocycles. The van der Waals surface area contributed by atoms with E-state index in [1.165, 1.54) is 11.3 Å². The van der Waals surface area contributed by atoms with Gasteiger partial charge in [-0.1, -0.05) is 32.0 Å². The molecule has 0 aliphatic rings. The van der Waals surface area contributed by atoms with Crippen molar-refractivity contribution in [1.29, 1.82) is 0 Å². The summed E-state index contributed by atoms with van der Waals surface area (Å²) >= 11 is 3.00. The van der Waals surface area contributed by atoms with E-state index < -0.39 is 0 Å². The zero-order valence-corrected chi connectivity index (χ0v) is 23.6. The number of hydrogen-bond acceptors (Lipinski definition) is 6. The molecule has 0 spiro atoms. The van der Waals surface area contributed by atoms with Gasteiger partial charge >= 0.3 is 0 Å². The molecule has 6 N–H and O–H groups in total. The molecule has 4 aromatic rings. The lowest BCUT2D eigenvalue weighted by molar-refractivity contribution is -0.115. The van der Waals surface area contributed by atoms with E-state index in [2.05, 4.69) is 46.6 Å². The van der Waals surface area contributed by atoms with E-state index in [0.29, 0.717) is 15.9 Å². The molecule has 0 bridgehead atoms. The molecule has 2 amide bonds.